The number of oxazole rings is 1. The normalized spacial score (nSPS) is 10.7. The van der Waals surface area contributed by atoms with Gasteiger partial charge >= 0.3 is 0 Å². The lowest BCUT2D eigenvalue weighted by Gasteiger charge is -1.99. The van der Waals surface area contributed by atoms with Gasteiger partial charge in [-0.25, -0.2) is 4.98 Å². The topological polar surface area (TPSA) is 43.9 Å². The Bertz CT molecular complexity index is 646. The molecule has 18 heavy (non-hydrogen) atoms. The van der Waals surface area contributed by atoms with Crippen molar-refractivity contribution in [2.75, 3.05) is 0 Å². The Labute approximate surface area is 112 Å². The molecule has 0 amide bonds. The highest BCUT2D eigenvalue weighted by atomic mass is 79.9. The van der Waals surface area contributed by atoms with Gasteiger partial charge in [-0.05, 0) is 12.1 Å². The van der Waals surface area contributed by atoms with E-state index in [1.807, 2.05) is 36.5 Å². The van der Waals surface area contributed by atoms with Crippen molar-refractivity contribution >= 4 is 15.9 Å². The summed E-state index contributed by atoms with van der Waals surface area (Å²) in [6.07, 6.45) is 5.35. The van der Waals surface area contributed by atoms with Crippen LogP contribution in [0.1, 0.15) is 5.89 Å². The lowest BCUT2D eigenvalue weighted by atomic mass is 10.2. The fourth-order valence-corrected chi connectivity index (χ4v) is 2.18. The van der Waals surface area contributed by atoms with E-state index in [2.05, 4.69) is 26.0 Å². The lowest BCUT2D eigenvalue weighted by molar-refractivity contribution is 0.474. The zero-order valence-corrected chi connectivity index (χ0v) is 11.0. The second kappa shape index (κ2) is 4.78. The predicted octanol–water partition coefficient (Wildman–Crippen LogP) is 3.35. The summed E-state index contributed by atoms with van der Waals surface area (Å²) in [5.41, 5.74) is 0.997. The largest absolute Gasteiger partial charge is 0.439 e. The highest BCUT2D eigenvalue weighted by Crippen LogP contribution is 2.28. The summed E-state index contributed by atoms with van der Waals surface area (Å²) < 4.78 is 8.49. The van der Waals surface area contributed by atoms with Crippen LogP contribution in [0.15, 0.2) is 57.8 Å². The van der Waals surface area contributed by atoms with Crippen LogP contribution >= 0.6 is 15.9 Å². The van der Waals surface area contributed by atoms with Gasteiger partial charge in [-0.2, -0.15) is 5.10 Å². The van der Waals surface area contributed by atoms with E-state index >= 15 is 0 Å². The number of hydrogen-bond donors (Lipinski definition) is 0. The number of rotatable bonds is 3. The monoisotopic (exact) mass is 303 g/mol. The van der Waals surface area contributed by atoms with Gasteiger partial charge in [-0.15, -0.1) is 0 Å². The number of aromatic nitrogens is 3. The van der Waals surface area contributed by atoms with Crippen molar-refractivity contribution in [1.29, 1.82) is 0 Å². The Morgan fingerprint density at radius 1 is 1.22 bits per heavy atom. The molecule has 90 valence electrons. The smallest absolute Gasteiger partial charge is 0.216 e. The lowest BCUT2D eigenvalue weighted by Crippen LogP contribution is -1.99. The van der Waals surface area contributed by atoms with Crippen LogP contribution in [0.4, 0.5) is 0 Å². The van der Waals surface area contributed by atoms with Crippen molar-refractivity contribution in [3.8, 4) is 11.3 Å². The summed E-state index contributed by atoms with van der Waals surface area (Å²) in [7, 11) is 0. The van der Waals surface area contributed by atoms with Crippen molar-refractivity contribution in [2.45, 2.75) is 6.54 Å². The van der Waals surface area contributed by atoms with Crippen molar-refractivity contribution in [3.05, 3.63) is 59.3 Å². The molecule has 3 rings (SSSR count). The van der Waals surface area contributed by atoms with E-state index in [-0.39, 0.29) is 0 Å². The molecule has 0 aliphatic rings. The van der Waals surface area contributed by atoms with Crippen molar-refractivity contribution in [2.24, 2.45) is 0 Å². The molecular formula is C13H10BrN3O. The maximum absolute atomic E-state index is 5.72. The first-order valence-corrected chi connectivity index (χ1v) is 6.29. The van der Waals surface area contributed by atoms with E-state index in [4.69, 9.17) is 4.42 Å². The molecular weight excluding hydrogens is 294 g/mol. The molecule has 0 fully saturated rings. The standard InChI is InChI=1S/C13H10BrN3O/c14-11-5-2-1-4-10(11)12-8-15-13(18-12)9-17-7-3-6-16-17/h1-8H,9H2. The summed E-state index contributed by atoms with van der Waals surface area (Å²) in [6.45, 7) is 0.539. The van der Waals surface area contributed by atoms with Gasteiger partial charge in [-0.1, -0.05) is 34.1 Å². The first kappa shape index (κ1) is 11.2. The molecule has 3 aromatic rings. The zero-order chi connectivity index (χ0) is 12.4. The van der Waals surface area contributed by atoms with Crippen LogP contribution in [-0.4, -0.2) is 14.8 Å². The van der Waals surface area contributed by atoms with Crippen LogP contribution in [0.25, 0.3) is 11.3 Å². The Kier molecular flexibility index (Phi) is 2.98. The Balaban J connectivity index is 1.88. The molecule has 0 unspecified atom stereocenters. The van der Waals surface area contributed by atoms with Crippen LogP contribution in [0, 0.1) is 0 Å². The predicted molar refractivity (Wildman–Crippen MR) is 71.0 cm³/mol. The van der Waals surface area contributed by atoms with Crippen LogP contribution in [0.5, 0.6) is 0 Å². The second-order valence-electron chi connectivity index (χ2n) is 3.80. The van der Waals surface area contributed by atoms with Gasteiger partial charge < -0.3 is 4.42 Å². The van der Waals surface area contributed by atoms with E-state index in [0.717, 1.165) is 15.8 Å². The first-order chi connectivity index (χ1) is 8.83. The molecule has 0 spiro atoms. The molecule has 5 heteroatoms. The summed E-state index contributed by atoms with van der Waals surface area (Å²) in [6, 6.07) is 9.77. The van der Waals surface area contributed by atoms with Crippen LogP contribution < -0.4 is 0 Å². The van der Waals surface area contributed by atoms with E-state index in [9.17, 15) is 0 Å². The maximum Gasteiger partial charge on any atom is 0.216 e. The Morgan fingerprint density at radius 3 is 2.89 bits per heavy atom. The van der Waals surface area contributed by atoms with E-state index in [1.165, 1.54) is 0 Å². The molecule has 0 radical (unpaired) electrons. The van der Waals surface area contributed by atoms with E-state index < -0.39 is 0 Å². The highest BCUT2D eigenvalue weighted by Gasteiger charge is 2.09. The highest BCUT2D eigenvalue weighted by molar-refractivity contribution is 9.10. The quantitative estimate of drug-likeness (QED) is 0.745. The number of benzene rings is 1. The van der Waals surface area contributed by atoms with Crippen molar-refractivity contribution in [1.82, 2.24) is 14.8 Å². The Morgan fingerprint density at radius 2 is 2.11 bits per heavy atom. The van der Waals surface area contributed by atoms with Gasteiger partial charge in [0, 0.05) is 22.4 Å². The van der Waals surface area contributed by atoms with Gasteiger partial charge in [0.05, 0.1) is 6.20 Å². The minimum Gasteiger partial charge on any atom is -0.439 e. The van der Waals surface area contributed by atoms with Crippen LogP contribution in [-0.2, 0) is 6.54 Å². The fraction of sp³-hybridized carbons (Fsp3) is 0.0769. The average Bonchev–Trinajstić information content (AvgIpc) is 3.02. The number of halogens is 1. The van der Waals surface area contributed by atoms with Crippen molar-refractivity contribution in [3.63, 3.8) is 0 Å². The van der Waals surface area contributed by atoms with Gasteiger partial charge in [0.15, 0.2) is 5.76 Å². The summed E-state index contributed by atoms with van der Waals surface area (Å²) in [5, 5.41) is 4.12. The average molecular weight is 304 g/mol. The molecule has 0 bridgehead atoms. The maximum atomic E-state index is 5.72. The molecule has 2 aromatic heterocycles. The van der Waals surface area contributed by atoms with Gasteiger partial charge in [0.1, 0.15) is 6.54 Å². The van der Waals surface area contributed by atoms with Gasteiger partial charge in [-0.3, -0.25) is 4.68 Å². The summed E-state index contributed by atoms with van der Waals surface area (Å²) in [5.74, 6) is 1.40. The molecule has 0 aliphatic carbocycles. The Hall–Kier alpha value is -1.88. The van der Waals surface area contributed by atoms with Crippen LogP contribution in [0.2, 0.25) is 0 Å². The number of hydrogen-bond acceptors (Lipinski definition) is 3. The third-order valence-corrected chi connectivity index (χ3v) is 3.24. The molecule has 0 atom stereocenters. The minimum absolute atomic E-state index is 0.539. The van der Waals surface area contributed by atoms with Crippen LogP contribution in [0.3, 0.4) is 0 Å². The molecule has 4 nitrogen and oxygen atoms in total. The summed E-state index contributed by atoms with van der Waals surface area (Å²) >= 11 is 3.50. The zero-order valence-electron chi connectivity index (χ0n) is 9.45. The van der Waals surface area contributed by atoms with Gasteiger partial charge in [0.2, 0.25) is 5.89 Å². The minimum atomic E-state index is 0.539. The van der Waals surface area contributed by atoms with E-state index in [1.54, 1.807) is 17.1 Å². The molecule has 0 N–H and O–H groups in total. The van der Waals surface area contributed by atoms with E-state index in [0.29, 0.717) is 12.4 Å². The molecule has 0 aliphatic heterocycles. The van der Waals surface area contributed by atoms with Gasteiger partial charge in [0.25, 0.3) is 0 Å². The number of nitrogens with zero attached hydrogens (tertiary/aromatic N) is 3. The molecule has 0 saturated heterocycles. The van der Waals surface area contributed by atoms with Crippen molar-refractivity contribution < 1.29 is 4.42 Å². The molecule has 2 heterocycles. The SMILES string of the molecule is Brc1ccccc1-c1cnc(Cn2cccn2)o1. The summed E-state index contributed by atoms with van der Waals surface area (Å²) in [4.78, 5) is 4.26. The second-order valence-corrected chi connectivity index (χ2v) is 4.66. The third kappa shape index (κ3) is 2.22. The molecule has 0 saturated carbocycles. The fourth-order valence-electron chi connectivity index (χ4n) is 1.70. The molecule has 1 aromatic carbocycles. The third-order valence-electron chi connectivity index (χ3n) is 2.55. The first-order valence-electron chi connectivity index (χ1n) is 5.50.